The topological polar surface area (TPSA) is 35.2 Å². The highest BCUT2D eigenvalue weighted by Gasteiger charge is 2.20. The molecule has 0 bridgehead atoms. The van der Waals surface area contributed by atoms with Crippen molar-refractivity contribution in [2.24, 2.45) is 5.73 Å². The van der Waals surface area contributed by atoms with E-state index < -0.39 is 0 Å². The van der Waals surface area contributed by atoms with Crippen LogP contribution in [0, 0.1) is 5.82 Å². The van der Waals surface area contributed by atoms with E-state index in [4.69, 9.17) is 10.5 Å². The second-order valence-electron chi connectivity index (χ2n) is 3.65. The van der Waals surface area contributed by atoms with E-state index in [1.807, 2.05) is 6.07 Å². The van der Waals surface area contributed by atoms with Crippen LogP contribution < -0.4 is 5.73 Å². The van der Waals surface area contributed by atoms with Gasteiger partial charge >= 0.3 is 0 Å². The molecule has 0 radical (unpaired) electrons. The van der Waals surface area contributed by atoms with Crippen molar-refractivity contribution < 1.29 is 9.13 Å². The molecule has 1 aromatic carbocycles. The summed E-state index contributed by atoms with van der Waals surface area (Å²) in [5.41, 5.74) is 6.83. The zero-order chi connectivity index (χ0) is 10.7. The Kier molecular flexibility index (Phi) is 3.61. The van der Waals surface area contributed by atoms with Crippen LogP contribution in [0.3, 0.4) is 0 Å². The van der Waals surface area contributed by atoms with Crippen LogP contribution in [-0.4, -0.2) is 24.2 Å². The molecule has 15 heavy (non-hydrogen) atoms. The largest absolute Gasteiger partial charge is 0.379 e. The van der Waals surface area contributed by atoms with E-state index in [-0.39, 0.29) is 11.9 Å². The van der Waals surface area contributed by atoms with Gasteiger partial charge in [-0.25, -0.2) is 4.39 Å². The highest BCUT2D eigenvalue weighted by atomic mass is 32.2. The third kappa shape index (κ3) is 2.93. The van der Waals surface area contributed by atoms with Crippen molar-refractivity contribution >= 4 is 11.8 Å². The number of nitrogens with two attached hydrogens (primary N) is 1. The molecule has 1 aliphatic heterocycles. The summed E-state index contributed by atoms with van der Waals surface area (Å²) in [6.45, 7) is 1.64. The molecule has 0 spiro atoms. The van der Waals surface area contributed by atoms with Crippen LogP contribution >= 0.6 is 11.8 Å². The maximum atomic E-state index is 12.9. The minimum Gasteiger partial charge on any atom is -0.379 e. The van der Waals surface area contributed by atoms with Crippen molar-refractivity contribution in [2.75, 3.05) is 19.0 Å². The Morgan fingerprint density at radius 3 is 2.93 bits per heavy atom. The predicted molar refractivity (Wildman–Crippen MR) is 60.4 cm³/mol. The second kappa shape index (κ2) is 4.96. The molecule has 0 aliphatic carbocycles. The van der Waals surface area contributed by atoms with Gasteiger partial charge in [0.05, 0.1) is 18.5 Å². The Morgan fingerprint density at radius 2 is 2.33 bits per heavy atom. The normalized spacial score (nSPS) is 18.5. The van der Waals surface area contributed by atoms with Crippen LogP contribution in [0.5, 0.6) is 0 Å². The number of hydrogen-bond acceptors (Lipinski definition) is 3. The number of ether oxygens (including phenoxy) is 1. The van der Waals surface area contributed by atoms with Gasteiger partial charge in [-0.05, 0) is 17.7 Å². The third-order valence-corrected chi connectivity index (χ3v) is 3.69. The Bertz CT molecular complexity index is 330. The van der Waals surface area contributed by atoms with Crippen LogP contribution in [-0.2, 0) is 4.74 Å². The fourth-order valence-electron chi connectivity index (χ4n) is 1.38. The molecule has 1 saturated heterocycles. The molecular formula is C11H14FNOS. The van der Waals surface area contributed by atoms with Crippen molar-refractivity contribution in [3.8, 4) is 0 Å². The van der Waals surface area contributed by atoms with Crippen molar-refractivity contribution in [2.45, 2.75) is 11.3 Å². The minimum absolute atomic E-state index is 0.0914. The summed E-state index contributed by atoms with van der Waals surface area (Å²) in [5, 5.41) is 0.574. The average molecular weight is 227 g/mol. The summed E-state index contributed by atoms with van der Waals surface area (Å²) in [4.78, 5) is 0. The Hall–Kier alpha value is -0.580. The van der Waals surface area contributed by atoms with Crippen LogP contribution in [0.2, 0.25) is 0 Å². The number of thioether (sulfide) groups is 1. The summed E-state index contributed by atoms with van der Waals surface area (Å²) in [7, 11) is 0. The quantitative estimate of drug-likeness (QED) is 0.854. The lowest BCUT2D eigenvalue weighted by Gasteiger charge is -2.26. The van der Waals surface area contributed by atoms with Gasteiger partial charge in [0.15, 0.2) is 0 Å². The first kappa shape index (κ1) is 10.9. The molecule has 82 valence electrons. The number of benzene rings is 1. The van der Waals surface area contributed by atoms with Gasteiger partial charge in [0.25, 0.3) is 0 Å². The number of rotatable bonds is 4. The summed E-state index contributed by atoms with van der Waals surface area (Å²) >= 11 is 1.80. The van der Waals surface area contributed by atoms with E-state index in [9.17, 15) is 4.39 Å². The highest BCUT2D eigenvalue weighted by molar-refractivity contribution is 8.00. The fourth-order valence-corrected chi connectivity index (χ4v) is 2.44. The van der Waals surface area contributed by atoms with E-state index in [0.717, 1.165) is 24.5 Å². The molecule has 2 N–H and O–H groups in total. The molecule has 1 fully saturated rings. The molecule has 2 rings (SSSR count). The van der Waals surface area contributed by atoms with Crippen molar-refractivity contribution in [1.29, 1.82) is 0 Å². The summed E-state index contributed by atoms with van der Waals surface area (Å²) < 4.78 is 18.0. The lowest BCUT2D eigenvalue weighted by molar-refractivity contribution is 0.0455. The smallest absolute Gasteiger partial charge is 0.123 e. The fraction of sp³-hybridized carbons (Fsp3) is 0.455. The predicted octanol–water partition coefficient (Wildman–Crippen LogP) is 1.96. The molecule has 1 aromatic rings. The molecule has 4 heteroatoms. The Morgan fingerprint density at radius 1 is 1.53 bits per heavy atom. The lowest BCUT2D eigenvalue weighted by atomic mass is 10.1. The van der Waals surface area contributed by atoms with E-state index in [1.165, 1.54) is 12.1 Å². The maximum Gasteiger partial charge on any atom is 0.123 e. The maximum absolute atomic E-state index is 12.9. The van der Waals surface area contributed by atoms with Crippen molar-refractivity contribution in [3.63, 3.8) is 0 Å². The van der Waals surface area contributed by atoms with Crippen molar-refractivity contribution in [3.05, 3.63) is 35.6 Å². The Balaban J connectivity index is 1.86. The molecule has 1 unspecified atom stereocenters. The molecule has 1 atom stereocenters. The number of halogens is 1. The first-order valence-electron chi connectivity index (χ1n) is 4.96. The van der Waals surface area contributed by atoms with Gasteiger partial charge in [-0.1, -0.05) is 12.1 Å². The standard InChI is InChI=1S/C11H14FNOS/c12-9-3-1-2-8(4-9)11(13)7-15-10-5-14-6-10/h1-4,10-11H,5-7,13H2. The molecule has 2 nitrogen and oxygen atoms in total. The SMILES string of the molecule is NC(CSC1COC1)c1cccc(F)c1. The van der Waals surface area contributed by atoms with Gasteiger partial charge in [-0.15, -0.1) is 0 Å². The molecule has 0 amide bonds. The number of hydrogen-bond donors (Lipinski definition) is 1. The monoisotopic (exact) mass is 227 g/mol. The Labute approximate surface area is 93.0 Å². The van der Waals surface area contributed by atoms with Gasteiger partial charge in [-0.3, -0.25) is 0 Å². The lowest BCUT2D eigenvalue weighted by Crippen LogP contribution is -2.31. The van der Waals surface area contributed by atoms with E-state index in [1.54, 1.807) is 17.8 Å². The van der Waals surface area contributed by atoms with E-state index >= 15 is 0 Å². The second-order valence-corrected chi connectivity index (χ2v) is 4.99. The summed E-state index contributed by atoms with van der Waals surface area (Å²) in [5.74, 6) is 0.595. The third-order valence-electron chi connectivity index (χ3n) is 2.40. The first-order chi connectivity index (χ1) is 7.25. The van der Waals surface area contributed by atoms with Crippen molar-refractivity contribution in [1.82, 2.24) is 0 Å². The minimum atomic E-state index is -0.222. The van der Waals surface area contributed by atoms with Gasteiger partial charge < -0.3 is 10.5 Å². The zero-order valence-corrected chi connectivity index (χ0v) is 9.17. The average Bonchev–Trinajstić information content (AvgIpc) is 2.15. The van der Waals surface area contributed by atoms with Gasteiger partial charge in [0.2, 0.25) is 0 Å². The zero-order valence-electron chi connectivity index (χ0n) is 8.36. The molecule has 1 aliphatic rings. The summed E-state index contributed by atoms with van der Waals surface area (Å²) in [6, 6.07) is 6.41. The van der Waals surface area contributed by atoms with E-state index in [2.05, 4.69) is 0 Å². The molecule has 0 saturated carbocycles. The van der Waals surface area contributed by atoms with Crippen LogP contribution in [0.15, 0.2) is 24.3 Å². The van der Waals surface area contributed by atoms with E-state index in [0.29, 0.717) is 5.25 Å². The van der Waals surface area contributed by atoms with Crippen LogP contribution in [0.1, 0.15) is 11.6 Å². The van der Waals surface area contributed by atoms with Gasteiger partial charge in [0, 0.05) is 11.8 Å². The molecular weight excluding hydrogens is 213 g/mol. The summed E-state index contributed by atoms with van der Waals surface area (Å²) in [6.07, 6.45) is 0. The van der Waals surface area contributed by atoms with Gasteiger partial charge in [0.1, 0.15) is 5.82 Å². The molecule has 1 heterocycles. The first-order valence-corrected chi connectivity index (χ1v) is 6.01. The molecule has 0 aromatic heterocycles. The highest BCUT2D eigenvalue weighted by Crippen LogP contribution is 2.24. The van der Waals surface area contributed by atoms with Crippen LogP contribution in [0.4, 0.5) is 4.39 Å². The van der Waals surface area contributed by atoms with Crippen LogP contribution in [0.25, 0.3) is 0 Å². The van der Waals surface area contributed by atoms with Gasteiger partial charge in [-0.2, -0.15) is 11.8 Å².